The molecule has 3 rings (SSSR count). The molecule has 0 radical (unpaired) electrons. The lowest BCUT2D eigenvalue weighted by molar-refractivity contribution is 0.836. The second-order valence-corrected chi connectivity index (χ2v) is 5.91. The van der Waals surface area contributed by atoms with Gasteiger partial charge in [0, 0.05) is 29.3 Å². The van der Waals surface area contributed by atoms with Crippen LogP contribution >= 0.6 is 0 Å². The Morgan fingerprint density at radius 3 is 2.71 bits per heavy atom. The van der Waals surface area contributed by atoms with Crippen LogP contribution in [-0.4, -0.2) is 17.5 Å². The fraction of sp³-hybridized carbons (Fsp3) is 0.250. The molecule has 124 valence electrons. The minimum atomic E-state index is 0.471. The summed E-state index contributed by atoms with van der Waals surface area (Å²) in [7, 11) is 0. The van der Waals surface area contributed by atoms with Crippen LogP contribution in [0.4, 0.5) is 5.69 Å². The minimum absolute atomic E-state index is 0.471. The van der Waals surface area contributed by atoms with Crippen LogP contribution < -0.4 is 11.1 Å². The van der Waals surface area contributed by atoms with Gasteiger partial charge in [-0.15, -0.1) is 0 Å². The van der Waals surface area contributed by atoms with Gasteiger partial charge in [-0.05, 0) is 48.6 Å². The molecule has 0 amide bonds. The number of H-pyrrole nitrogens is 1. The number of nitrogens with zero attached hydrogens (tertiary/aromatic N) is 1. The van der Waals surface area contributed by atoms with Gasteiger partial charge in [0.15, 0.2) is 5.96 Å². The van der Waals surface area contributed by atoms with Gasteiger partial charge in [0.1, 0.15) is 0 Å². The Kier molecular flexibility index (Phi) is 5.16. The third kappa shape index (κ3) is 3.96. The molecular weight excluding hydrogens is 296 g/mol. The van der Waals surface area contributed by atoms with Gasteiger partial charge in [-0.2, -0.15) is 0 Å². The molecule has 0 aliphatic rings. The van der Waals surface area contributed by atoms with E-state index in [1.165, 1.54) is 22.0 Å². The van der Waals surface area contributed by atoms with E-state index in [0.717, 1.165) is 24.9 Å². The van der Waals surface area contributed by atoms with Crippen LogP contribution in [0, 0.1) is 0 Å². The van der Waals surface area contributed by atoms with Gasteiger partial charge in [-0.25, -0.2) is 0 Å². The number of guanidine groups is 1. The number of benzene rings is 2. The van der Waals surface area contributed by atoms with Gasteiger partial charge in [-0.3, -0.25) is 4.99 Å². The SMILES string of the molecule is CCc1ccc(NC(N)=NCCCc2c[nH]c3ccccc23)cc1. The summed E-state index contributed by atoms with van der Waals surface area (Å²) in [4.78, 5) is 7.72. The second-order valence-electron chi connectivity index (χ2n) is 5.91. The fourth-order valence-electron chi connectivity index (χ4n) is 2.82. The van der Waals surface area contributed by atoms with Crippen molar-refractivity contribution in [2.45, 2.75) is 26.2 Å². The van der Waals surface area contributed by atoms with Gasteiger partial charge in [0.25, 0.3) is 0 Å². The standard InChI is InChI=1S/C20H24N4/c1-2-15-9-11-17(12-10-15)24-20(21)22-13-5-6-16-14-23-19-8-4-3-7-18(16)19/h3-4,7-12,14,23H,2,5-6,13H2,1H3,(H3,21,22,24). The minimum Gasteiger partial charge on any atom is -0.370 e. The predicted octanol–water partition coefficient (Wildman–Crippen LogP) is 4.09. The third-order valence-electron chi connectivity index (χ3n) is 4.20. The highest BCUT2D eigenvalue weighted by atomic mass is 15.1. The number of nitrogens with one attached hydrogen (secondary N) is 2. The van der Waals surface area contributed by atoms with E-state index in [9.17, 15) is 0 Å². The van der Waals surface area contributed by atoms with E-state index in [0.29, 0.717) is 12.5 Å². The van der Waals surface area contributed by atoms with Gasteiger partial charge >= 0.3 is 0 Å². The zero-order chi connectivity index (χ0) is 16.8. The third-order valence-corrected chi connectivity index (χ3v) is 4.20. The number of aliphatic imine (C=N–C) groups is 1. The number of aromatic amines is 1. The molecular formula is C20H24N4. The highest BCUT2D eigenvalue weighted by molar-refractivity contribution is 5.92. The van der Waals surface area contributed by atoms with Crippen LogP contribution in [0.5, 0.6) is 0 Å². The summed E-state index contributed by atoms with van der Waals surface area (Å²) >= 11 is 0. The average molecular weight is 320 g/mol. The van der Waals surface area contributed by atoms with Crippen molar-refractivity contribution in [2.75, 3.05) is 11.9 Å². The lowest BCUT2D eigenvalue weighted by Crippen LogP contribution is -2.22. The molecule has 1 aromatic heterocycles. The normalized spacial score (nSPS) is 11.8. The smallest absolute Gasteiger partial charge is 0.193 e. The van der Waals surface area contributed by atoms with E-state index >= 15 is 0 Å². The fourth-order valence-corrected chi connectivity index (χ4v) is 2.82. The van der Waals surface area contributed by atoms with Crippen molar-refractivity contribution in [2.24, 2.45) is 10.7 Å². The molecule has 0 fully saturated rings. The Bertz CT molecular complexity index is 815. The Balaban J connectivity index is 1.50. The quantitative estimate of drug-likeness (QED) is 0.364. The molecule has 4 heteroatoms. The van der Waals surface area contributed by atoms with Crippen LogP contribution in [0.2, 0.25) is 0 Å². The first-order valence-corrected chi connectivity index (χ1v) is 8.47. The van der Waals surface area contributed by atoms with E-state index in [2.05, 4.69) is 58.7 Å². The Morgan fingerprint density at radius 2 is 1.92 bits per heavy atom. The summed E-state index contributed by atoms with van der Waals surface area (Å²) in [6.07, 6.45) is 5.09. The van der Waals surface area contributed by atoms with Crippen LogP contribution in [-0.2, 0) is 12.8 Å². The number of para-hydroxylation sites is 1. The van der Waals surface area contributed by atoms with Crippen LogP contribution in [0.15, 0.2) is 59.7 Å². The van der Waals surface area contributed by atoms with Gasteiger partial charge in [-0.1, -0.05) is 37.3 Å². The average Bonchev–Trinajstić information content (AvgIpc) is 3.03. The molecule has 1 heterocycles. The summed E-state index contributed by atoms with van der Waals surface area (Å²) in [6, 6.07) is 16.7. The molecule has 24 heavy (non-hydrogen) atoms. The topological polar surface area (TPSA) is 66.2 Å². The van der Waals surface area contributed by atoms with Crippen molar-refractivity contribution in [3.63, 3.8) is 0 Å². The number of fused-ring (bicyclic) bond motifs is 1. The predicted molar refractivity (Wildman–Crippen MR) is 103 cm³/mol. The van der Waals surface area contributed by atoms with Crippen molar-refractivity contribution < 1.29 is 0 Å². The van der Waals surface area contributed by atoms with E-state index in [-0.39, 0.29) is 0 Å². The van der Waals surface area contributed by atoms with Crippen molar-refractivity contribution in [1.29, 1.82) is 0 Å². The first-order chi connectivity index (χ1) is 11.8. The Hall–Kier alpha value is -2.75. The number of aryl methyl sites for hydroxylation is 2. The number of hydrogen-bond donors (Lipinski definition) is 3. The molecule has 0 saturated carbocycles. The van der Waals surface area contributed by atoms with E-state index < -0.39 is 0 Å². The monoisotopic (exact) mass is 320 g/mol. The molecule has 0 bridgehead atoms. The van der Waals surface area contributed by atoms with Gasteiger partial charge < -0.3 is 16.0 Å². The number of hydrogen-bond acceptors (Lipinski definition) is 1. The lowest BCUT2D eigenvalue weighted by Gasteiger charge is -2.06. The number of anilines is 1. The maximum atomic E-state index is 5.96. The van der Waals surface area contributed by atoms with Crippen molar-refractivity contribution in [1.82, 2.24) is 4.98 Å². The summed E-state index contributed by atoms with van der Waals surface area (Å²) in [5.74, 6) is 0.471. The van der Waals surface area contributed by atoms with Crippen LogP contribution in [0.3, 0.4) is 0 Å². The first-order valence-electron chi connectivity index (χ1n) is 8.47. The largest absolute Gasteiger partial charge is 0.370 e. The first kappa shape index (κ1) is 16.1. The molecule has 3 aromatic rings. The van der Waals surface area contributed by atoms with E-state index in [4.69, 9.17) is 5.73 Å². The van der Waals surface area contributed by atoms with E-state index in [1.807, 2.05) is 18.2 Å². The van der Waals surface area contributed by atoms with Crippen LogP contribution in [0.1, 0.15) is 24.5 Å². The summed E-state index contributed by atoms with van der Waals surface area (Å²) in [6.45, 7) is 2.86. The molecule has 0 spiro atoms. The zero-order valence-corrected chi connectivity index (χ0v) is 14.0. The summed E-state index contributed by atoms with van der Waals surface area (Å²) in [5.41, 5.74) is 10.8. The van der Waals surface area contributed by atoms with Crippen molar-refractivity contribution in [3.05, 3.63) is 65.9 Å². The van der Waals surface area contributed by atoms with Crippen molar-refractivity contribution in [3.8, 4) is 0 Å². The molecule has 0 aliphatic carbocycles. The molecule has 0 aliphatic heterocycles. The number of rotatable bonds is 6. The number of aromatic nitrogens is 1. The molecule has 2 aromatic carbocycles. The highest BCUT2D eigenvalue weighted by Gasteiger charge is 2.02. The van der Waals surface area contributed by atoms with E-state index in [1.54, 1.807) is 0 Å². The second kappa shape index (κ2) is 7.68. The summed E-state index contributed by atoms with van der Waals surface area (Å²) < 4.78 is 0. The van der Waals surface area contributed by atoms with Gasteiger partial charge in [0.2, 0.25) is 0 Å². The molecule has 4 nitrogen and oxygen atoms in total. The summed E-state index contributed by atoms with van der Waals surface area (Å²) in [5, 5.41) is 4.43. The van der Waals surface area contributed by atoms with Crippen molar-refractivity contribution >= 4 is 22.5 Å². The number of nitrogens with two attached hydrogens (primary N) is 1. The Labute approximate surface area is 142 Å². The maximum absolute atomic E-state index is 5.96. The lowest BCUT2D eigenvalue weighted by atomic mass is 10.1. The Morgan fingerprint density at radius 1 is 1.12 bits per heavy atom. The molecule has 4 N–H and O–H groups in total. The van der Waals surface area contributed by atoms with Gasteiger partial charge in [0.05, 0.1) is 0 Å². The maximum Gasteiger partial charge on any atom is 0.193 e. The molecule has 0 saturated heterocycles. The zero-order valence-electron chi connectivity index (χ0n) is 14.0. The molecule has 0 atom stereocenters. The molecule has 0 unspecified atom stereocenters. The highest BCUT2D eigenvalue weighted by Crippen LogP contribution is 2.18. The van der Waals surface area contributed by atoms with Crippen LogP contribution in [0.25, 0.3) is 10.9 Å².